The van der Waals surface area contributed by atoms with Gasteiger partial charge in [-0.2, -0.15) is 0 Å². The third-order valence-electron chi connectivity index (χ3n) is 4.83. The van der Waals surface area contributed by atoms with Gasteiger partial charge in [0.15, 0.2) is 0 Å². The highest BCUT2D eigenvalue weighted by Gasteiger charge is 2.19. The number of nitrogens with zero attached hydrogens (tertiary/aromatic N) is 4. The fraction of sp³-hybridized carbons (Fsp3) is 0.524. The van der Waals surface area contributed by atoms with Crippen LogP contribution in [0.3, 0.4) is 0 Å². The fourth-order valence-corrected chi connectivity index (χ4v) is 3.33. The standard InChI is InChI=1S/C21H32N4O8/c1-22(10-11-24(12-18(26)27)13-19(28)29)8-5-9-23(2)16-6-3-4-7-17(16)25(14-20(30)31)15-21(32)33/h3-4,6-7H,5,8-15H2,1-2H3,(H,26,27)(H,28,29)(H,30,31)(H,32,33). The Morgan fingerprint density at radius 2 is 1.15 bits per heavy atom. The fourth-order valence-electron chi connectivity index (χ4n) is 3.33. The second kappa shape index (κ2) is 13.9. The highest BCUT2D eigenvalue weighted by molar-refractivity contribution is 5.83. The monoisotopic (exact) mass is 468 g/mol. The predicted molar refractivity (Wildman–Crippen MR) is 121 cm³/mol. The van der Waals surface area contributed by atoms with Gasteiger partial charge in [0.2, 0.25) is 0 Å². The molecule has 0 unspecified atom stereocenters. The highest BCUT2D eigenvalue weighted by atomic mass is 16.4. The van der Waals surface area contributed by atoms with Gasteiger partial charge in [-0.3, -0.25) is 24.1 Å². The van der Waals surface area contributed by atoms with E-state index in [9.17, 15) is 19.2 Å². The van der Waals surface area contributed by atoms with Gasteiger partial charge in [-0.05, 0) is 32.1 Å². The first-order valence-electron chi connectivity index (χ1n) is 10.3. The molecule has 0 amide bonds. The molecule has 0 heterocycles. The number of rotatable bonds is 17. The molecule has 0 aliphatic rings. The number of carbonyl (C=O) groups is 4. The molecular formula is C21H32N4O8. The summed E-state index contributed by atoms with van der Waals surface area (Å²) in [6, 6.07) is 6.99. The smallest absolute Gasteiger partial charge is 0.323 e. The molecule has 0 spiro atoms. The summed E-state index contributed by atoms with van der Waals surface area (Å²) < 4.78 is 0. The largest absolute Gasteiger partial charge is 0.480 e. The first-order chi connectivity index (χ1) is 15.5. The first kappa shape index (κ1) is 27.7. The summed E-state index contributed by atoms with van der Waals surface area (Å²) in [5, 5.41) is 36.1. The number of benzene rings is 1. The lowest BCUT2D eigenvalue weighted by atomic mass is 10.2. The van der Waals surface area contributed by atoms with Crippen LogP contribution in [0.25, 0.3) is 0 Å². The number of anilines is 2. The molecule has 4 N–H and O–H groups in total. The molecule has 0 aliphatic carbocycles. The van der Waals surface area contributed by atoms with Crippen LogP contribution in [0, 0.1) is 0 Å². The number of para-hydroxylation sites is 2. The zero-order chi connectivity index (χ0) is 25.0. The number of carboxylic acids is 4. The summed E-state index contributed by atoms with van der Waals surface area (Å²) in [6.45, 7) is 0.481. The van der Waals surface area contributed by atoms with E-state index in [0.717, 1.165) is 6.42 Å². The Morgan fingerprint density at radius 1 is 0.667 bits per heavy atom. The maximum absolute atomic E-state index is 11.2. The lowest BCUT2D eigenvalue weighted by molar-refractivity contribution is -0.142. The van der Waals surface area contributed by atoms with Gasteiger partial charge in [-0.15, -0.1) is 0 Å². The van der Waals surface area contributed by atoms with E-state index < -0.39 is 37.0 Å². The number of hydrogen-bond donors (Lipinski definition) is 4. The summed E-state index contributed by atoms with van der Waals surface area (Å²) in [5.41, 5.74) is 1.22. The van der Waals surface area contributed by atoms with E-state index in [2.05, 4.69) is 0 Å². The van der Waals surface area contributed by atoms with Gasteiger partial charge in [0.05, 0.1) is 24.5 Å². The normalized spacial score (nSPS) is 10.9. The van der Waals surface area contributed by atoms with Gasteiger partial charge in [0, 0.05) is 26.7 Å². The Balaban J connectivity index is 2.67. The minimum Gasteiger partial charge on any atom is -0.480 e. The van der Waals surface area contributed by atoms with E-state index in [1.54, 1.807) is 24.3 Å². The molecule has 12 nitrogen and oxygen atoms in total. The number of aliphatic carboxylic acids is 4. The molecule has 1 aromatic rings. The Labute approximate surface area is 192 Å². The van der Waals surface area contributed by atoms with Crippen LogP contribution < -0.4 is 9.80 Å². The Kier molecular flexibility index (Phi) is 11.7. The van der Waals surface area contributed by atoms with E-state index in [-0.39, 0.29) is 13.1 Å². The van der Waals surface area contributed by atoms with Crippen LogP contribution in [0.1, 0.15) is 6.42 Å². The molecule has 1 rings (SSSR count). The lowest BCUT2D eigenvalue weighted by Crippen LogP contribution is -2.40. The van der Waals surface area contributed by atoms with Crippen molar-refractivity contribution in [2.75, 3.05) is 76.3 Å². The minimum atomic E-state index is -1.13. The summed E-state index contributed by atoms with van der Waals surface area (Å²) in [6.07, 6.45) is 0.719. The van der Waals surface area contributed by atoms with Gasteiger partial charge >= 0.3 is 23.9 Å². The minimum absolute atomic E-state index is 0.299. The molecule has 12 heteroatoms. The van der Waals surface area contributed by atoms with Gasteiger partial charge in [0.1, 0.15) is 13.1 Å². The van der Waals surface area contributed by atoms with Crippen LogP contribution in [0.5, 0.6) is 0 Å². The molecular weight excluding hydrogens is 436 g/mol. The first-order valence-corrected chi connectivity index (χ1v) is 10.3. The molecule has 0 atom stereocenters. The molecule has 33 heavy (non-hydrogen) atoms. The van der Waals surface area contributed by atoms with Crippen molar-refractivity contribution >= 4 is 35.3 Å². The van der Waals surface area contributed by atoms with Crippen molar-refractivity contribution < 1.29 is 39.6 Å². The topological polar surface area (TPSA) is 162 Å². The van der Waals surface area contributed by atoms with Gasteiger partial charge < -0.3 is 35.1 Å². The van der Waals surface area contributed by atoms with Crippen LogP contribution in [-0.2, 0) is 19.2 Å². The Hall–Kier alpha value is -3.38. The zero-order valence-electron chi connectivity index (χ0n) is 18.9. The SMILES string of the molecule is CN(CCCN(C)c1ccccc1N(CC(=O)O)CC(=O)O)CCN(CC(=O)O)CC(=O)O. The Bertz CT molecular complexity index is 787. The van der Waals surface area contributed by atoms with Crippen LogP contribution in [0.4, 0.5) is 11.4 Å². The second-order valence-electron chi connectivity index (χ2n) is 7.71. The molecule has 0 radical (unpaired) electrons. The van der Waals surface area contributed by atoms with E-state index in [1.165, 1.54) is 9.80 Å². The van der Waals surface area contributed by atoms with Crippen molar-refractivity contribution in [2.24, 2.45) is 0 Å². The van der Waals surface area contributed by atoms with Crippen LogP contribution >= 0.6 is 0 Å². The number of hydrogen-bond acceptors (Lipinski definition) is 8. The molecule has 0 aromatic heterocycles. The van der Waals surface area contributed by atoms with E-state index in [4.69, 9.17) is 20.4 Å². The maximum Gasteiger partial charge on any atom is 0.323 e. The second-order valence-corrected chi connectivity index (χ2v) is 7.71. The molecule has 0 saturated carbocycles. The summed E-state index contributed by atoms with van der Waals surface area (Å²) in [4.78, 5) is 50.7. The van der Waals surface area contributed by atoms with Crippen molar-refractivity contribution in [1.29, 1.82) is 0 Å². The summed E-state index contributed by atoms with van der Waals surface area (Å²) in [7, 11) is 3.69. The van der Waals surface area contributed by atoms with Crippen molar-refractivity contribution in [3.8, 4) is 0 Å². The van der Waals surface area contributed by atoms with Crippen LogP contribution in [0.15, 0.2) is 24.3 Å². The van der Waals surface area contributed by atoms with Gasteiger partial charge in [0.25, 0.3) is 0 Å². The van der Waals surface area contributed by atoms with E-state index >= 15 is 0 Å². The third kappa shape index (κ3) is 11.2. The maximum atomic E-state index is 11.2. The van der Waals surface area contributed by atoms with E-state index in [0.29, 0.717) is 37.6 Å². The average molecular weight is 469 g/mol. The zero-order valence-corrected chi connectivity index (χ0v) is 18.9. The van der Waals surface area contributed by atoms with E-state index in [1.807, 2.05) is 23.9 Å². The van der Waals surface area contributed by atoms with Crippen molar-refractivity contribution in [3.63, 3.8) is 0 Å². The summed E-state index contributed by atoms with van der Waals surface area (Å²) >= 11 is 0. The molecule has 184 valence electrons. The van der Waals surface area contributed by atoms with Crippen LogP contribution in [0.2, 0.25) is 0 Å². The highest BCUT2D eigenvalue weighted by Crippen LogP contribution is 2.28. The van der Waals surface area contributed by atoms with Crippen molar-refractivity contribution in [2.45, 2.75) is 6.42 Å². The van der Waals surface area contributed by atoms with Gasteiger partial charge in [-0.1, -0.05) is 12.1 Å². The number of carboxylic acid groups (broad SMARTS) is 4. The molecule has 1 aromatic carbocycles. The number of likely N-dealkylation sites (N-methyl/N-ethyl adjacent to an activating group) is 1. The van der Waals surface area contributed by atoms with Crippen molar-refractivity contribution in [3.05, 3.63) is 24.3 Å². The predicted octanol–water partition coefficient (Wildman–Crippen LogP) is -0.108. The summed E-state index contributed by atoms with van der Waals surface area (Å²) in [5.74, 6) is -4.43. The molecule has 0 aliphatic heterocycles. The van der Waals surface area contributed by atoms with Gasteiger partial charge in [-0.25, -0.2) is 0 Å². The average Bonchev–Trinajstić information content (AvgIpc) is 2.70. The molecule has 0 saturated heterocycles. The van der Waals surface area contributed by atoms with Crippen LogP contribution in [-0.4, -0.2) is 121 Å². The lowest BCUT2D eigenvalue weighted by Gasteiger charge is -2.29. The quantitative estimate of drug-likeness (QED) is 0.240. The Morgan fingerprint density at radius 3 is 1.64 bits per heavy atom. The molecule has 0 bridgehead atoms. The third-order valence-corrected chi connectivity index (χ3v) is 4.83. The molecule has 0 fully saturated rings. The van der Waals surface area contributed by atoms with Crippen molar-refractivity contribution in [1.82, 2.24) is 9.80 Å².